The van der Waals surface area contributed by atoms with Crippen LogP contribution >= 0.6 is 11.6 Å². The van der Waals surface area contributed by atoms with Crippen molar-refractivity contribution in [2.75, 3.05) is 10.6 Å². The third kappa shape index (κ3) is 4.75. The number of anilines is 2. The number of rotatable bonds is 6. The van der Waals surface area contributed by atoms with Gasteiger partial charge in [0, 0.05) is 12.5 Å². The molecule has 2 amide bonds. The van der Waals surface area contributed by atoms with Gasteiger partial charge in [-0.25, -0.2) is 4.68 Å². The van der Waals surface area contributed by atoms with Gasteiger partial charge in [-0.1, -0.05) is 61.0 Å². The van der Waals surface area contributed by atoms with Crippen LogP contribution in [0.3, 0.4) is 0 Å². The second-order valence-electron chi connectivity index (χ2n) is 6.63. The normalized spacial score (nSPS) is 11.6. The third-order valence-electron chi connectivity index (χ3n) is 4.43. The van der Waals surface area contributed by atoms with Crippen LogP contribution in [-0.2, 0) is 9.59 Å². The Hall–Kier alpha value is -3.45. The number of hydrogen-bond acceptors (Lipinski definition) is 4. The molecule has 0 spiro atoms. The van der Waals surface area contributed by atoms with E-state index in [1.807, 2.05) is 30.3 Å². The van der Waals surface area contributed by atoms with Crippen LogP contribution in [0.5, 0.6) is 0 Å². The molecule has 154 valence electrons. The monoisotopic (exact) mass is 424 g/mol. The molecule has 8 heteroatoms. The van der Waals surface area contributed by atoms with Crippen molar-refractivity contribution in [3.63, 3.8) is 0 Å². The fourth-order valence-corrected chi connectivity index (χ4v) is 3.18. The molecule has 0 saturated heterocycles. The van der Waals surface area contributed by atoms with Gasteiger partial charge in [-0.15, -0.1) is 0 Å². The van der Waals surface area contributed by atoms with Crippen molar-refractivity contribution in [3.05, 3.63) is 76.0 Å². The molecule has 0 aliphatic carbocycles. The second kappa shape index (κ2) is 9.37. The van der Waals surface area contributed by atoms with E-state index in [-0.39, 0.29) is 5.69 Å². The summed E-state index contributed by atoms with van der Waals surface area (Å²) in [4.78, 5) is 37.6. The molecule has 3 rings (SSSR count). The molecule has 3 aromatic rings. The molecule has 1 atom stereocenters. The lowest BCUT2D eigenvalue weighted by Gasteiger charge is -2.19. The summed E-state index contributed by atoms with van der Waals surface area (Å²) in [5.41, 5.74) is 1.14. The number of nitrogens with zero attached hydrogens (tertiary/aromatic N) is 2. The van der Waals surface area contributed by atoms with E-state index in [4.69, 9.17) is 11.6 Å². The van der Waals surface area contributed by atoms with Gasteiger partial charge in [-0.2, -0.15) is 5.10 Å². The van der Waals surface area contributed by atoms with Gasteiger partial charge >= 0.3 is 0 Å². The minimum atomic E-state index is -0.898. The number of halogens is 1. The average Bonchev–Trinajstić information content (AvgIpc) is 2.73. The van der Waals surface area contributed by atoms with Crippen molar-refractivity contribution in [2.45, 2.75) is 26.3 Å². The van der Waals surface area contributed by atoms with E-state index in [0.717, 1.165) is 10.2 Å². The summed E-state index contributed by atoms with van der Waals surface area (Å²) in [6, 6.07) is 16.7. The number of amides is 2. The van der Waals surface area contributed by atoms with Gasteiger partial charge in [0.25, 0.3) is 5.56 Å². The maximum Gasteiger partial charge on any atom is 0.291 e. The van der Waals surface area contributed by atoms with Crippen LogP contribution in [0.4, 0.5) is 11.4 Å². The molecule has 0 fully saturated rings. The summed E-state index contributed by atoms with van der Waals surface area (Å²) in [6.45, 7) is 3.09. The van der Waals surface area contributed by atoms with Crippen LogP contribution in [0, 0.1) is 0 Å². The van der Waals surface area contributed by atoms with Crippen molar-refractivity contribution in [3.8, 4) is 11.3 Å². The van der Waals surface area contributed by atoms with Crippen LogP contribution < -0.4 is 16.2 Å². The molecule has 7 nitrogen and oxygen atoms in total. The average molecular weight is 425 g/mol. The molecule has 2 N–H and O–H groups in total. The fourth-order valence-electron chi connectivity index (χ4n) is 3.00. The zero-order valence-electron chi connectivity index (χ0n) is 16.6. The van der Waals surface area contributed by atoms with E-state index < -0.39 is 23.4 Å². The first kappa shape index (κ1) is 21.3. The smallest absolute Gasteiger partial charge is 0.291 e. The van der Waals surface area contributed by atoms with Crippen molar-refractivity contribution in [2.24, 2.45) is 0 Å². The number of hydrogen-bond donors (Lipinski definition) is 2. The Bertz CT molecular complexity index is 1130. The fraction of sp³-hybridized carbons (Fsp3) is 0.182. The van der Waals surface area contributed by atoms with E-state index >= 15 is 0 Å². The minimum absolute atomic E-state index is 0.0559. The van der Waals surface area contributed by atoms with Gasteiger partial charge in [0.1, 0.15) is 11.7 Å². The highest BCUT2D eigenvalue weighted by Crippen LogP contribution is 2.24. The van der Waals surface area contributed by atoms with Crippen molar-refractivity contribution in [1.29, 1.82) is 0 Å². The summed E-state index contributed by atoms with van der Waals surface area (Å²) < 4.78 is 1.11. The Kier molecular flexibility index (Phi) is 6.64. The Morgan fingerprint density at radius 1 is 1.03 bits per heavy atom. The van der Waals surface area contributed by atoms with Crippen LogP contribution in [0.2, 0.25) is 5.02 Å². The van der Waals surface area contributed by atoms with Gasteiger partial charge in [0.15, 0.2) is 0 Å². The number of carbonyl (C=O) groups excluding carboxylic acids is 2. The Morgan fingerprint density at radius 3 is 2.33 bits per heavy atom. The molecule has 0 saturated carbocycles. The Labute approximate surface area is 178 Å². The molecule has 0 aliphatic heterocycles. The minimum Gasteiger partial charge on any atom is -0.323 e. The molecule has 0 unspecified atom stereocenters. The van der Waals surface area contributed by atoms with Crippen molar-refractivity contribution >= 4 is 34.8 Å². The van der Waals surface area contributed by atoms with Gasteiger partial charge in [-0.05, 0) is 24.6 Å². The number of nitrogens with one attached hydrogen (secondary N) is 2. The highest BCUT2D eigenvalue weighted by Gasteiger charge is 2.24. The highest BCUT2D eigenvalue weighted by molar-refractivity contribution is 6.33. The summed E-state index contributed by atoms with van der Waals surface area (Å²) in [5, 5.41) is 10.1. The third-order valence-corrected chi connectivity index (χ3v) is 4.76. The zero-order valence-corrected chi connectivity index (χ0v) is 17.3. The van der Waals surface area contributed by atoms with Crippen LogP contribution in [0.15, 0.2) is 65.5 Å². The molecule has 0 bridgehead atoms. The molecule has 0 aliphatic rings. The van der Waals surface area contributed by atoms with E-state index in [1.54, 1.807) is 31.2 Å². The first-order valence-corrected chi connectivity index (χ1v) is 9.80. The van der Waals surface area contributed by atoms with Crippen molar-refractivity contribution in [1.82, 2.24) is 9.78 Å². The van der Waals surface area contributed by atoms with Gasteiger partial charge in [0.05, 0.1) is 16.4 Å². The molecule has 30 heavy (non-hydrogen) atoms. The lowest BCUT2D eigenvalue weighted by molar-refractivity contribution is -0.119. The quantitative estimate of drug-likeness (QED) is 0.622. The predicted molar refractivity (Wildman–Crippen MR) is 118 cm³/mol. The molecule has 2 aromatic carbocycles. The first-order chi connectivity index (χ1) is 14.4. The van der Waals surface area contributed by atoms with Gasteiger partial charge in [-0.3, -0.25) is 14.4 Å². The summed E-state index contributed by atoms with van der Waals surface area (Å²) in [6.07, 6.45) is 0.306. The molecule has 0 radical (unpaired) electrons. The highest BCUT2D eigenvalue weighted by atomic mass is 35.5. The number of benzene rings is 2. The first-order valence-electron chi connectivity index (χ1n) is 9.43. The SMILES string of the molecule is CC[C@@H](C(=O)Nc1ccccc1Cl)n1nc(-c2ccccc2)cc(NC(C)=O)c1=O. The molecular formula is C22H21ClN4O3. The van der Waals surface area contributed by atoms with E-state index in [0.29, 0.717) is 22.8 Å². The number of para-hydroxylation sites is 1. The summed E-state index contributed by atoms with van der Waals surface area (Å²) >= 11 is 6.13. The van der Waals surface area contributed by atoms with Crippen LogP contribution in [0.1, 0.15) is 26.3 Å². The Balaban J connectivity index is 2.07. The Morgan fingerprint density at radius 2 is 1.70 bits per heavy atom. The lowest BCUT2D eigenvalue weighted by atomic mass is 10.1. The van der Waals surface area contributed by atoms with Gasteiger partial charge < -0.3 is 10.6 Å². The van der Waals surface area contributed by atoms with Crippen LogP contribution in [-0.4, -0.2) is 21.6 Å². The zero-order chi connectivity index (χ0) is 21.7. The molecular weight excluding hydrogens is 404 g/mol. The van der Waals surface area contributed by atoms with Crippen LogP contribution in [0.25, 0.3) is 11.3 Å². The molecule has 1 aromatic heterocycles. The standard InChI is InChI=1S/C22H21ClN4O3/c1-3-20(21(29)25-17-12-8-7-11-16(17)23)27-22(30)19(24-14(2)28)13-18(26-27)15-9-5-4-6-10-15/h4-13,20H,3H2,1-2H3,(H,24,28)(H,25,29)/t20-/m0/s1. The maximum atomic E-state index is 13.0. The van der Waals surface area contributed by atoms with E-state index in [2.05, 4.69) is 15.7 Å². The molecule has 1 heterocycles. The topological polar surface area (TPSA) is 93.1 Å². The lowest BCUT2D eigenvalue weighted by Crippen LogP contribution is -2.36. The van der Waals surface area contributed by atoms with Gasteiger partial charge in [0.2, 0.25) is 11.8 Å². The number of aromatic nitrogens is 2. The van der Waals surface area contributed by atoms with E-state index in [9.17, 15) is 14.4 Å². The summed E-state index contributed by atoms with van der Waals surface area (Å²) in [7, 11) is 0. The second-order valence-corrected chi connectivity index (χ2v) is 7.04. The predicted octanol–water partition coefficient (Wildman–Crippen LogP) is 4.11. The van der Waals surface area contributed by atoms with E-state index in [1.165, 1.54) is 13.0 Å². The number of carbonyl (C=O) groups is 2. The maximum absolute atomic E-state index is 13.0. The summed E-state index contributed by atoms with van der Waals surface area (Å²) in [5.74, 6) is -0.823. The van der Waals surface area contributed by atoms with Crippen molar-refractivity contribution < 1.29 is 9.59 Å². The largest absolute Gasteiger partial charge is 0.323 e.